The first-order valence-electron chi connectivity index (χ1n) is 10.8. The number of fused-ring (bicyclic) bond motifs is 1. The van der Waals surface area contributed by atoms with Crippen LogP contribution in [-0.2, 0) is 21.3 Å². The molecule has 5 rings (SSSR count). The average Bonchev–Trinajstić information content (AvgIpc) is 3.45. The molecule has 0 aliphatic carbocycles. The summed E-state index contributed by atoms with van der Waals surface area (Å²) in [6.45, 7) is 6.73. The van der Waals surface area contributed by atoms with E-state index < -0.39 is 0 Å². The molecule has 10 nitrogen and oxygen atoms in total. The average molecular weight is 415 g/mol. The van der Waals surface area contributed by atoms with Crippen molar-refractivity contribution in [3.8, 4) is 0 Å². The third-order valence-electron chi connectivity index (χ3n) is 6.46. The smallest absolute Gasteiger partial charge is 0.236 e. The maximum atomic E-state index is 12.8. The van der Waals surface area contributed by atoms with Gasteiger partial charge in [-0.25, -0.2) is 9.97 Å². The number of amides is 1. The quantitative estimate of drug-likeness (QED) is 0.695. The van der Waals surface area contributed by atoms with E-state index in [9.17, 15) is 4.79 Å². The summed E-state index contributed by atoms with van der Waals surface area (Å²) >= 11 is 0. The van der Waals surface area contributed by atoms with Crippen molar-refractivity contribution in [3.63, 3.8) is 0 Å². The Bertz CT molecular complexity index is 882. The van der Waals surface area contributed by atoms with Crippen molar-refractivity contribution in [3.05, 3.63) is 12.5 Å². The number of aromatic nitrogens is 4. The van der Waals surface area contributed by atoms with E-state index in [1.807, 2.05) is 18.1 Å². The van der Waals surface area contributed by atoms with Gasteiger partial charge >= 0.3 is 0 Å². The Morgan fingerprint density at radius 3 is 2.53 bits per heavy atom. The van der Waals surface area contributed by atoms with Crippen LogP contribution in [0, 0.1) is 5.92 Å². The second-order valence-electron chi connectivity index (χ2n) is 8.29. The Balaban J connectivity index is 1.12. The van der Waals surface area contributed by atoms with E-state index >= 15 is 0 Å². The third-order valence-corrected chi connectivity index (χ3v) is 6.46. The molecule has 3 aliphatic heterocycles. The van der Waals surface area contributed by atoms with E-state index in [-0.39, 0.29) is 12.2 Å². The lowest BCUT2D eigenvalue weighted by Gasteiger charge is -2.38. The van der Waals surface area contributed by atoms with Crippen LogP contribution < -0.4 is 4.90 Å². The zero-order chi connectivity index (χ0) is 20.5. The molecule has 0 spiro atoms. The minimum absolute atomic E-state index is 0.0380. The normalized spacial score (nSPS) is 22.3. The molecule has 2 aromatic heterocycles. The molecule has 0 aromatic carbocycles. The van der Waals surface area contributed by atoms with E-state index in [2.05, 4.69) is 24.9 Å². The number of ether oxygens (including phenoxy) is 2. The SMILES string of the molecule is Cn1ncc2c(N3CCN(C(=O)CN4CCC(C5OCCO5)CC4)CC3)ncnc21. The van der Waals surface area contributed by atoms with Gasteiger partial charge in [-0.3, -0.25) is 14.4 Å². The molecule has 2 aromatic rings. The van der Waals surface area contributed by atoms with Crippen molar-refractivity contribution in [1.29, 1.82) is 0 Å². The minimum Gasteiger partial charge on any atom is -0.352 e. The molecule has 3 aliphatic rings. The van der Waals surface area contributed by atoms with E-state index in [1.165, 1.54) is 0 Å². The molecule has 3 saturated heterocycles. The van der Waals surface area contributed by atoms with Crippen molar-refractivity contribution in [2.45, 2.75) is 19.1 Å². The highest BCUT2D eigenvalue weighted by atomic mass is 16.7. The highest BCUT2D eigenvalue weighted by Crippen LogP contribution is 2.26. The Labute approximate surface area is 175 Å². The van der Waals surface area contributed by atoms with Crippen LogP contribution in [0.25, 0.3) is 11.0 Å². The number of carbonyl (C=O) groups excluding carboxylic acids is 1. The molecule has 1 amide bonds. The van der Waals surface area contributed by atoms with Crippen LogP contribution in [0.5, 0.6) is 0 Å². The standard InChI is InChI=1S/C20H29N7O3/c1-24-18-16(12-23-24)19(22-14-21-18)27-8-6-26(7-9-27)17(28)13-25-4-2-15(3-5-25)20-29-10-11-30-20/h12,14-15,20H,2-11,13H2,1H3. The van der Waals surface area contributed by atoms with Crippen LogP contribution in [-0.4, -0.2) is 101 Å². The third kappa shape index (κ3) is 3.86. The first kappa shape index (κ1) is 19.7. The summed E-state index contributed by atoms with van der Waals surface area (Å²) in [5.74, 6) is 1.58. The molecule has 0 atom stereocenters. The van der Waals surface area contributed by atoms with Crippen molar-refractivity contribution in [2.24, 2.45) is 13.0 Å². The van der Waals surface area contributed by atoms with Gasteiger partial charge in [0, 0.05) is 39.1 Å². The number of carbonyl (C=O) groups is 1. The number of hydrogen-bond acceptors (Lipinski definition) is 8. The van der Waals surface area contributed by atoms with Gasteiger partial charge in [0.25, 0.3) is 0 Å². The van der Waals surface area contributed by atoms with Crippen LogP contribution >= 0.6 is 0 Å². The van der Waals surface area contributed by atoms with Gasteiger partial charge < -0.3 is 19.3 Å². The van der Waals surface area contributed by atoms with Crippen molar-refractivity contribution in [2.75, 3.05) is 63.9 Å². The van der Waals surface area contributed by atoms with Crippen molar-refractivity contribution >= 4 is 22.8 Å². The zero-order valence-electron chi connectivity index (χ0n) is 17.4. The molecule has 0 radical (unpaired) electrons. The summed E-state index contributed by atoms with van der Waals surface area (Å²) in [6, 6.07) is 0. The van der Waals surface area contributed by atoms with E-state index in [0.717, 1.165) is 55.9 Å². The van der Waals surface area contributed by atoms with Crippen LogP contribution in [0.3, 0.4) is 0 Å². The van der Waals surface area contributed by atoms with Crippen molar-refractivity contribution < 1.29 is 14.3 Å². The summed E-state index contributed by atoms with van der Waals surface area (Å²) in [4.78, 5) is 28.1. The lowest BCUT2D eigenvalue weighted by atomic mass is 9.96. The molecule has 0 N–H and O–H groups in total. The fourth-order valence-electron chi connectivity index (χ4n) is 4.69. The summed E-state index contributed by atoms with van der Waals surface area (Å²) in [5.41, 5.74) is 0.829. The second kappa shape index (κ2) is 8.44. The van der Waals surface area contributed by atoms with Gasteiger partial charge in [-0.15, -0.1) is 0 Å². The Morgan fingerprint density at radius 1 is 1.07 bits per heavy atom. The van der Waals surface area contributed by atoms with Gasteiger partial charge in [0.2, 0.25) is 5.91 Å². The number of anilines is 1. The lowest BCUT2D eigenvalue weighted by molar-refractivity contribution is -0.134. The first-order valence-corrected chi connectivity index (χ1v) is 10.8. The number of rotatable bonds is 4. The van der Waals surface area contributed by atoms with E-state index in [1.54, 1.807) is 11.0 Å². The monoisotopic (exact) mass is 415 g/mol. The second-order valence-corrected chi connectivity index (χ2v) is 8.29. The van der Waals surface area contributed by atoms with Gasteiger partial charge in [0.1, 0.15) is 12.1 Å². The largest absolute Gasteiger partial charge is 0.352 e. The Hall–Kier alpha value is -2.30. The van der Waals surface area contributed by atoms with E-state index in [4.69, 9.17) is 9.47 Å². The molecule has 5 heterocycles. The maximum Gasteiger partial charge on any atom is 0.236 e. The summed E-state index contributed by atoms with van der Waals surface area (Å²) in [5, 5.41) is 5.25. The molecule has 30 heavy (non-hydrogen) atoms. The summed E-state index contributed by atoms with van der Waals surface area (Å²) in [7, 11) is 1.88. The lowest BCUT2D eigenvalue weighted by Crippen LogP contribution is -2.52. The summed E-state index contributed by atoms with van der Waals surface area (Å²) < 4.78 is 13.0. The number of likely N-dealkylation sites (tertiary alicyclic amines) is 1. The fraction of sp³-hybridized carbons (Fsp3) is 0.700. The van der Waals surface area contributed by atoms with E-state index in [0.29, 0.717) is 38.8 Å². The van der Waals surface area contributed by atoms with Gasteiger partial charge in [-0.05, 0) is 25.9 Å². The van der Waals surface area contributed by atoms with Gasteiger partial charge in [-0.2, -0.15) is 5.10 Å². The molecule has 0 saturated carbocycles. The van der Waals surface area contributed by atoms with Gasteiger partial charge in [0.05, 0.1) is 31.3 Å². The number of hydrogen-bond donors (Lipinski definition) is 0. The Morgan fingerprint density at radius 2 is 1.80 bits per heavy atom. The number of nitrogens with zero attached hydrogens (tertiary/aromatic N) is 7. The molecule has 10 heteroatoms. The van der Waals surface area contributed by atoms with Crippen LogP contribution in [0.1, 0.15) is 12.8 Å². The van der Waals surface area contributed by atoms with Crippen molar-refractivity contribution in [1.82, 2.24) is 29.5 Å². The molecular formula is C20H29N7O3. The van der Waals surface area contributed by atoms with Crippen LogP contribution in [0.15, 0.2) is 12.5 Å². The maximum absolute atomic E-state index is 12.8. The minimum atomic E-state index is -0.0380. The predicted molar refractivity (Wildman–Crippen MR) is 110 cm³/mol. The Kier molecular flexibility index (Phi) is 5.53. The van der Waals surface area contributed by atoms with Gasteiger partial charge in [-0.1, -0.05) is 0 Å². The zero-order valence-corrected chi connectivity index (χ0v) is 17.4. The van der Waals surface area contributed by atoms with Crippen LogP contribution in [0.4, 0.5) is 5.82 Å². The number of piperidine rings is 1. The highest BCUT2D eigenvalue weighted by molar-refractivity contribution is 5.86. The predicted octanol–water partition coefficient (Wildman–Crippen LogP) is 0.0968. The first-order chi connectivity index (χ1) is 14.7. The molecular weight excluding hydrogens is 386 g/mol. The highest BCUT2D eigenvalue weighted by Gasteiger charge is 2.32. The fourth-order valence-corrected chi connectivity index (χ4v) is 4.69. The summed E-state index contributed by atoms with van der Waals surface area (Å²) in [6.07, 6.45) is 5.42. The van der Waals surface area contributed by atoms with Gasteiger partial charge in [0.15, 0.2) is 11.9 Å². The molecule has 3 fully saturated rings. The number of aryl methyl sites for hydroxylation is 1. The molecule has 0 unspecified atom stereocenters. The topological polar surface area (TPSA) is 88.9 Å². The van der Waals surface area contributed by atoms with Crippen LogP contribution in [0.2, 0.25) is 0 Å². The number of piperazine rings is 1. The molecule has 162 valence electrons. The molecule has 0 bridgehead atoms.